The van der Waals surface area contributed by atoms with Crippen LogP contribution in [0.3, 0.4) is 0 Å². The number of ether oxygens (including phenoxy) is 2. The van der Waals surface area contributed by atoms with Gasteiger partial charge in [0.15, 0.2) is 23.0 Å². The van der Waals surface area contributed by atoms with Crippen LogP contribution >= 0.6 is 11.6 Å². The fourth-order valence-corrected chi connectivity index (χ4v) is 8.93. The number of aryl methyl sites for hydroxylation is 2. The van der Waals surface area contributed by atoms with Crippen molar-refractivity contribution in [1.82, 2.24) is 0 Å². The minimum absolute atomic E-state index is 0.0140. The molecule has 0 aliphatic heterocycles. The number of phenolic OH excluding ortho intramolecular Hbond substituents is 2. The van der Waals surface area contributed by atoms with Crippen LogP contribution in [0.2, 0.25) is 5.02 Å². The Morgan fingerprint density at radius 3 is 1.22 bits per heavy atom. The van der Waals surface area contributed by atoms with E-state index in [1.54, 1.807) is 24.3 Å². The first-order chi connectivity index (χ1) is 32.7. The number of hydrogen-bond acceptors (Lipinski definition) is 8. The molecule has 0 spiro atoms. The van der Waals surface area contributed by atoms with E-state index < -0.39 is 23.1 Å². The molecule has 9 heteroatoms. The SMILES string of the molecule is CCCCCCCCCCc1ccc(Oc2cc(Nc3ccccc3)c3c(c2O)C(=O)c2c(Nc4ccc(Cl)cc4)cc(Oc4ccc(CCCCCCCCCC)cc4)c(O)c2C3=O)cc1. The Morgan fingerprint density at radius 1 is 0.448 bits per heavy atom. The molecular weight excluding hydrogens is 856 g/mol. The van der Waals surface area contributed by atoms with Crippen LogP contribution in [0.5, 0.6) is 34.5 Å². The molecular formula is C58H65ClN2O6. The molecule has 0 saturated heterocycles. The molecule has 4 N–H and O–H groups in total. The summed E-state index contributed by atoms with van der Waals surface area (Å²) < 4.78 is 12.6. The zero-order chi connectivity index (χ0) is 47.0. The summed E-state index contributed by atoms with van der Waals surface area (Å²) in [7, 11) is 0. The van der Waals surface area contributed by atoms with Crippen molar-refractivity contribution >= 4 is 45.9 Å². The van der Waals surface area contributed by atoms with Crippen LogP contribution in [0.4, 0.5) is 22.7 Å². The number of hydrogen-bond donors (Lipinski definition) is 4. The molecule has 0 saturated carbocycles. The van der Waals surface area contributed by atoms with Gasteiger partial charge in [-0.15, -0.1) is 0 Å². The number of fused-ring (bicyclic) bond motifs is 2. The van der Waals surface area contributed by atoms with Crippen molar-refractivity contribution in [2.75, 3.05) is 10.6 Å². The second-order valence-electron chi connectivity index (χ2n) is 17.8. The van der Waals surface area contributed by atoms with Crippen molar-refractivity contribution in [2.45, 2.75) is 129 Å². The number of unbranched alkanes of at least 4 members (excludes halogenated alkanes) is 14. The minimum Gasteiger partial charge on any atom is -0.504 e. The smallest absolute Gasteiger partial charge is 0.200 e. The molecule has 67 heavy (non-hydrogen) atoms. The van der Waals surface area contributed by atoms with E-state index in [4.69, 9.17) is 21.1 Å². The average Bonchev–Trinajstić information content (AvgIpc) is 3.33. The number of rotatable bonds is 26. The van der Waals surface area contributed by atoms with Gasteiger partial charge in [0.1, 0.15) is 11.5 Å². The summed E-state index contributed by atoms with van der Waals surface area (Å²) in [4.78, 5) is 30.1. The number of ketones is 2. The van der Waals surface area contributed by atoms with E-state index in [1.807, 2.05) is 78.9 Å². The molecule has 0 radical (unpaired) electrons. The summed E-state index contributed by atoms with van der Waals surface area (Å²) >= 11 is 6.23. The first-order valence-corrected chi connectivity index (χ1v) is 24.9. The van der Waals surface area contributed by atoms with E-state index in [1.165, 1.54) is 113 Å². The van der Waals surface area contributed by atoms with Crippen molar-refractivity contribution in [3.05, 3.63) is 154 Å². The maximum atomic E-state index is 15.0. The zero-order valence-corrected chi connectivity index (χ0v) is 39.9. The van der Waals surface area contributed by atoms with Gasteiger partial charge in [0.05, 0.1) is 33.6 Å². The van der Waals surface area contributed by atoms with E-state index >= 15 is 9.59 Å². The van der Waals surface area contributed by atoms with Gasteiger partial charge in [-0.1, -0.05) is 158 Å². The fraction of sp³-hybridized carbons (Fsp3) is 0.345. The van der Waals surface area contributed by atoms with Gasteiger partial charge in [-0.3, -0.25) is 9.59 Å². The molecule has 8 nitrogen and oxygen atoms in total. The van der Waals surface area contributed by atoms with E-state index in [2.05, 4.69) is 24.5 Å². The number of carbonyl (C=O) groups is 2. The Bertz CT molecular complexity index is 2560. The standard InChI is InChI=1S/C58H65ClN2O6/c1-3-5-7-9-11-13-15-18-22-40-26-34-45(35-27-40)66-49-38-47(60-43-24-20-17-21-25-43)51-53(55(49)62)58(65)52-48(61-44-32-30-42(59)31-33-44)39-50(56(63)54(52)57(51)64)67-46-36-28-41(29-37-46)23-19-16-14-12-10-8-6-4-2/h17,20-21,24-39,60-63H,3-16,18-19,22-23H2,1-2H3. The zero-order valence-electron chi connectivity index (χ0n) is 39.1. The van der Waals surface area contributed by atoms with Gasteiger partial charge in [-0.05, 0) is 97.5 Å². The van der Waals surface area contributed by atoms with E-state index in [-0.39, 0.29) is 45.1 Å². The molecule has 6 aromatic carbocycles. The summed E-state index contributed by atoms with van der Waals surface area (Å²) in [6, 6.07) is 34.6. The van der Waals surface area contributed by atoms with Crippen LogP contribution in [0, 0.1) is 0 Å². The van der Waals surface area contributed by atoms with Gasteiger partial charge in [-0.25, -0.2) is 0 Å². The normalized spacial score (nSPS) is 11.9. The predicted octanol–water partition coefficient (Wildman–Crippen LogP) is 17.0. The van der Waals surface area contributed by atoms with Gasteiger partial charge in [-0.2, -0.15) is 0 Å². The first kappa shape index (κ1) is 48.7. The summed E-state index contributed by atoms with van der Waals surface area (Å²) in [6.45, 7) is 4.48. The molecule has 0 bridgehead atoms. The molecule has 0 heterocycles. The molecule has 7 rings (SSSR count). The van der Waals surface area contributed by atoms with Crippen LogP contribution < -0.4 is 20.1 Å². The monoisotopic (exact) mass is 920 g/mol. The molecule has 0 aromatic heterocycles. The van der Waals surface area contributed by atoms with E-state index in [0.717, 1.165) is 25.7 Å². The van der Waals surface area contributed by atoms with Crippen molar-refractivity contribution < 1.29 is 29.3 Å². The number of halogens is 1. The van der Waals surface area contributed by atoms with Gasteiger partial charge in [0.25, 0.3) is 0 Å². The predicted molar refractivity (Wildman–Crippen MR) is 273 cm³/mol. The number of phenols is 2. The Kier molecular flexibility index (Phi) is 17.8. The van der Waals surface area contributed by atoms with Crippen LogP contribution in [0.15, 0.2) is 115 Å². The van der Waals surface area contributed by atoms with Gasteiger partial charge < -0.3 is 30.3 Å². The molecule has 0 fully saturated rings. The highest BCUT2D eigenvalue weighted by Gasteiger charge is 2.41. The maximum absolute atomic E-state index is 15.0. The average molecular weight is 922 g/mol. The summed E-state index contributed by atoms with van der Waals surface area (Å²) in [5.74, 6) is -1.49. The van der Waals surface area contributed by atoms with Gasteiger partial charge in [0, 0.05) is 28.5 Å². The third kappa shape index (κ3) is 13.0. The number of anilines is 4. The molecule has 6 aromatic rings. The highest BCUT2D eigenvalue weighted by molar-refractivity contribution is 6.34. The molecule has 0 unspecified atom stereocenters. The highest BCUT2D eigenvalue weighted by atomic mass is 35.5. The molecule has 1 aliphatic rings. The lowest BCUT2D eigenvalue weighted by atomic mass is 9.80. The fourth-order valence-electron chi connectivity index (χ4n) is 8.81. The molecule has 350 valence electrons. The molecule has 0 atom stereocenters. The van der Waals surface area contributed by atoms with Crippen LogP contribution in [0.1, 0.15) is 160 Å². The highest BCUT2D eigenvalue weighted by Crippen LogP contribution is 2.51. The Hall–Kier alpha value is -6.25. The summed E-state index contributed by atoms with van der Waals surface area (Å²) in [6.07, 6.45) is 21.9. The molecule has 1 aliphatic carbocycles. The van der Waals surface area contributed by atoms with Crippen molar-refractivity contribution in [1.29, 1.82) is 0 Å². The quantitative estimate of drug-likeness (QED) is 0.0313. The van der Waals surface area contributed by atoms with Crippen LogP contribution in [-0.4, -0.2) is 21.8 Å². The van der Waals surface area contributed by atoms with Crippen LogP contribution in [-0.2, 0) is 12.8 Å². The van der Waals surface area contributed by atoms with E-state index in [0.29, 0.717) is 27.9 Å². The molecule has 0 amide bonds. The summed E-state index contributed by atoms with van der Waals surface area (Å²) in [5.41, 5.74) is 3.24. The minimum atomic E-state index is -0.687. The summed E-state index contributed by atoms with van der Waals surface area (Å²) in [5, 5.41) is 31.1. The van der Waals surface area contributed by atoms with E-state index in [9.17, 15) is 10.2 Å². The van der Waals surface area contributed by atoms with Crippen LogP contribution in [0.25, 0.3) is 0 Å². The van der Waals surface area contributed by atoms with Crippen molar-refractivity contribution in [3.8, 4) is 34.5 Å². The number of nitrogens with one attached hydrogen (secondary N) is 2. The largest absolute Gasteiger partial charge is 0.504 e. The lowest BCUT2D eigenvalue weighted by molar-refractivity contribution is 0.0974. The number of benzene rings is 6. The third-order valence-corrected chi connectivity index (χ3v) is 12.8. The lowest BCUT2D eigenvalue weighted by Gasteiger charge is -2.26. The third-order valence-electron chi connectivity index (χ3n) is 12.6. The number of aromatic hydroxyl groups is 2. The topological polar surface area (TPSA) is 117 Å². The Labute approximate surface area is 401 Å². The second-order valence-corrected chi connectivity index (χ2v) is 18.2. The first-order valence-electron chi connectivity index (χ1n) is 24.5. The van der Waals surface area contributed by atoms with Gasteiger partial charge >= 0.3 is 0 Å². The van der Waals surface area contributed by atoms with Gasteiger partial charge in [0.2, 0.25) is 11.6 Å². The number of carbonyl (C=O) groups excluding carboxylic acids is 2. The second kappa shape index (κ2) is 24.5. The maximum Gasteiger partial charge on any atom is 0.200 e. The Balaban J connectivity index is 1.17. The van der Waals surface area contributed by atoms with Crippen molar-refractivity contribution in [3.63, 3.8) is 0 Å². The Morgan fingerprint density at radius 2 is 0.821 bits per heavy atom. The lowest BCUT2D eigenvalue weighted by Crippen LogP contribution is -2.24. The number of para-hydroxylation sites is 1. The van der Waals surface area contributed by atoms with Crippen molar-refractivity contribution in [2.24, 2.45) is 0 Å².